The SMILES string of the molecule is CSc1cccc(NC(=O)CN2CCc3ccccc3C2C(=O)N2CCCCC2)c1. The van der Waals surface area contributed by atoms with Crippen LogP contribution in [0.2, 0.25) is 0 Å². The van der Waals surface area contributed by atoms with Crippen molar-refractivity contribution in [1.82, 2.24) is 9.80 Å². The Morgan fingerprint density at radius 3 is 2.63 bits per heavy atom. The first kappa shape index (κ1) is 20.9. The number of nitrogens with one attached hydrogen (secondary N) is 1. The highest BCUT2D eigenvalue weighted by Crippen LogP contribution is 2.32. The summed E-state index contributed by atoms with van der Waals surface area (Å²) in [6.45, 7) is 2.56. The third kappa shape index (κ3) is 4.71. The molecule has 1 fully saturated rings. The number of fused-ring (bicyclic) bond motifs is 1. The molecule has 2 amide bonds. The average Bonchev–Trinajstić information content (AvgIpc) is 2.79. The second kappa shape index (κ2) is 9.67. The number of anilines is 1. The lowest BCUT2D eigenvalue weighted by molar-refractivity contribution is -0.139. The monoisotopic (exact) mass is 423 g/mol. The summed E-state index contributed by atoms with van der Waals surface area (Å²) >= 11 is 1.65. The van der Waals surface area contributed by atoms with Gasteiger partial charge in [-0.05, 0) is 61.3 Å². The summed E-state index contributed by atoms with van der Waals surface area (Å²) in [4.78, 5) is 31.5. The highest BCUT2D eigenvalue weighted by atomic mass is 32.2. The molecule has 30 heavy (non-hydrogen) atoms. The average molecular weight is 424 g/mol. The van der Waals surface area contributed by atoms with Gasteiger partial charge >= 0.3 is 0 Å². The van der Waals surface area contributed by atoms with Crippen LogP contribution in [0.15, 0.2) is 53.4 Å². The van der Waals surface area contributed by atoms with E-state index in [-0.39, 0.29) is 24.4 Å². The number of likely N-dealkylation sites (tertiary alicyclic amines) is 1. The van der Waals surface area contributed by atoms with Gasteiger partial charge in [0.05, 0.1) is 6.54 Å². The van der Waals surface area contributed by atoms with Crippen LogP contribution < -0.4 is 5.32 Å². The molecule has 4 rings (SSSR count). The molecule has 2 aromatic carbocycles. The predicted octanol–water partition coefficient (Wildman–Crippen LogP) is 3.96. The summed E-state index contributed by atoms with van der Waals surface area (Å²) in [6.07, 6.45) is 6.18. The van der Waals surface area contributed by atoms with E-state index in [4.69, 9.17) is 0 Å². The lowest BCUT2D eigenvalue weighted by Crippen LogP contribution is -2.49. The molecule has 0 saturated carbocycles. The van der Waals surface area contributed by atoms with E-state index in [2.05, 4.69) is 11.4 Å². The maximum atomic E-state index is 13.5. The lowest BCUT2D eigenvalue weighted by atomic mass is 9.91. The molecule has 1 atom stereocenters. The molecule has 1 saturated heterocycles. The fraction of sp³-hybridized carbons (Fsp3) is 0.417. The molecule has 2 aromatic rings. The smallest absolute Gasteiger partial charge is 0.244 e. The van der Waals surface area contributed by atoms with Crippen LogP contribution in [-0.2, 0) is 16.0 Å². The molecule has 5 nitrogen and oxygen atoms in total. The van der Waals surface area contributed by atoms with Crippen molar-refractivity contribution in [2.24, 2.45) is 0 Å². The van der Waals surface area contributed by atoms with Crippen molar-refractivity contribution in [3.8, 4) is 0 Å². The molecule has 2 aliphatic heterocycles. The summed E-state index contributed by atoms with van der Waals surface area (Å²) in [5, 5.41) is 3.01. The molecule has 0 aromatic heterocycles. The number of benzene rings is 2. The second-order valence-corrected chi connectivity index (χ2v) is 8.87. The molecular weight excluding hydrogens is 394 g/mol. The number of carbonyl (C=O) groups excluding carboxylic acids is 2. The van der Waals surface area contributed by atoms with Crippen LogP contribution in [0.5, 0.6) is 0 Å². The fourth-order valence-corrected chi connectivity index (χ4v) is 4.91. The van der Waals surface area contributed by atoms with E-state index in [9.17, 15) is 9.59 Å². The van der Waals surface area contributed by atoms with Gasteiger partial charge in [0.1, 0.15) is 6.04 Å². The van der Waals surface area contributed by atoms with Crippen molar-refractivity contribution in [3.63, 3.8) is 0 Å². The maximum absolute atomic E-state index is 13.5. The largest absolute Gasteiger partial charge is 0.341 e. The van der Waals surface area contributed by atoms with E-state index in [1.807, 2.05) is 58.5 Å². The number of nitrogens with zero attached hydrogens (tertiary/aromatic N) is 2. The van der Waals surface area contributed by atoms with Crippen molar-refractivity contribution in [2.75, 3.05) is 37.8 Å². The highest BCUT2D eigenvalue weighted by molar-refractivity contribution is 7.98. The summed E-state index contributed by atoms with van der Waals surface area (Å²) in [5.41, 5.74) is 3.07. The topological polar surface area (TPSA) is 52.7 Å². The summed E-state index contributed by atoms with van der Waals surface area (Å²) in [5.74, 6) is 0.0584. The van der Waals surface area contributed by atoms with Gasteiger partial charge in [-0.3, -0.25) is 14.5 Å². The quantitative estimate of drug-likeness (QED) is 0.740. The fourth-order valence-electron chi connectivity index (χ4n) is 4.45. The molecule has 0 bridgehead atoms. The van der Waals surface area contributed by atoms with Crippen molar-refractivity contribution in [1.29, 1.82) is 0 Å². The minimum Gasteiger partial charge on any atom is -0.341 e. The van der Waals surface area contributed by atoms with E-state index < -0.39 is 0 Å². The molecule has 0 spiro atoms. The Morgan fingerprint density at radius 2 is 1.83 bits per heavy atom. The third-order valence-electron chi connectivity index (χ3n) is 5.99. The van der Waals surface area contributed by atoms with Gasteiger partial charge in [0.15, 0.2) is 0 Å². The zero-order valence-electron chi connectivity index (χ0n) is 17.5. The van der Waals surface area contributed by atoms with E-state index in [1.165, 1.54) is 12.0 Å². The summed E-state index contributed by atoms with van der Waals surface area (Å²) in [7, 11) is 0. The Hall–Kier alpha value is -2.31. The summed E-state index contributed by atoms with van der Waals surface area (Å²) < 4.78 is 0. The molecule has 6 heteroatoms. The maximum Gasteiger partial charge on any atom is 0.244 e. The molecule has 0 aliphatic carbocycles. The number of rotatable bonds is 5. The zero-order valence-corrected chi connectivity index (χ0v) is 18.3. The molecule has 1 unspecified atom stereocenters. The van der Waals surface area contributed by atoms with Gasteiger partial charge in [-0.25, -0.2) is 0 Å². The number of hydrogen-bond donors (Lipinski definition) is 1. The van der Waals surface area contributed by atoms with Crippen LogP contribution in [0.25, 0.3) is 0 Å². The van der Waals surface area contributed by atoms with Gasteiger partial charge < -0.3 is 10.2 Å². The van der Waals surface area contributed by atoms with Gasteiger partial charge in [0, 0.05) is 30.2 Å². The molecule has 2 heterocycles. The number of carbonyl (C=O) groups is 2. The standard InChI is InChI=1S/C24H29N3O2S/c1-30-20-10-7-9-19(16-20)25-22(28)17-27-15-12-18-8-3-4-11-21(18)23(27)24(29)26-13-5-2-6-14-26/h3-4,7-11,16,23H,2,5-6,12-15,17H2,1H3,(H,25,28). The van der Waals surface area contributed by atoms with E-state index in [0.29, 0.717) is 6.54 Å². The number of piperidine rings is 1. The van der Waals surface area contributed by atoms with Crippen LogP contribution >= 0.6 is 11.8 Å². The molecule has 0 radical (unpaired) electrons. The lowest BCUT2D eigenvalue weighted by Gasteiger charge is -2.39. The van der Waals surface area contributed by atoms with E-state index >= 15 is 0 Å². The molecule has 2 aliphatic rings. The highest BCUT2D eigenvalue weighted by Gasteiger charge is 2.36. The van der Waals surface area contributed by atoms with E-state index in [0.717, 1.165) is 48.5 Å². The van der Waals surface area contributed by atoms with Crippen LogP contribution in [-0.4, -0.2) is 54.0 Å². The van der Waals surface area contributed by atoms with Crippen molar-refractivity contribution < 1.29 is 9.59 Å². The first-order valence-electron chi connectivity index (χ1n) is 10.7. The Kier molecular flexibility index (Phi) is 6.75. The Morgan fingerprint density at radius 1 is 1.03 bits per heavy atom. The van der Waals surface area contributed by atoms with Crippen molar-refractivity contribution in [2.45, 2.75) is 36.6 Å². The first-order chi connectivity index (χ1) is 14.7. The van der Waals surface area contributed by atoms with Crippen molar-refractivity contribution >= 4 is 29.3 Å². The number of thioether (sulfide) groups is 1. The third-order valence-corrected chi connectivity index (χ3v) is 6.71. The second-order valence-electron chi connectivity index (χ2n) is 7.99. The van der Waals surface area contributed by atoms with Crippen LogP contribution in [0, 0.1) is 0 Å². The number of amides is 2. The van der Waals surface area contributed by atoms with Gasteiger partial charge in [-0.2, -0.15) is 0 Å². The Bertz CT molecular complexity index is 911. The minimum atomic E-state index is -0.378. The van der Waals surface area contributed by atoms with Crippen LogP contribution in [0.3, 0.4) is 0 Å². The number of hydrogen-bond acceptors (Lipinski definition) is 4. The minimum absolute atomic E-state index is 0.0796. The van der Waals surface area contributed by atoms with Gasteiger partial charge in [0.2, 0.25) is 11.8 Å². The molecule has 158 valence electrons. The van der Waals surface area contributed by atoms with Crippen LogP contribution in [0.4, 0.5) is 5.69 Å². The van der Waals surface area contributed by atoms with Gasteiger partial charge in [-0.1, -0.05) is 30.3 Å². The van der Waals surface area contributed by atoms with Crippen molar-refractivity contribution in [3.05, 3.63) is 59.7 Å². The van der Waals surface area contributed by atoms with Crippen LogP contribution in [0.1, 0.15) is 36.4 Å². The first-order valence-corrected chi connectivity index (χ1v) is 11.9. The van der Waals surface area contributed by atoms with Gasteiger partial charge in [0.25, 0.3) is 0 Å². The Labute approximate surface area is 182 Å². The molecule has 1 N–H and O–H groups in total. The predicted molar refractivity (Wildman–Crippen MR) is 122 cm³/mol. The normalized spacial score (nSPS) is 19.2. The van der Waals surface area contributed by atoms with E-state index in [1.54, 1.807) is 11.8 Å². The van der Waals surface area contributed by atoms with Gasteiger partial charge in [-0.15, -0.1) is 11.8 Å². The Balaban J connectivity index is 1.53. The zero-order chi connectivity index (χ0) is 20.9. The summed E-state index contributed by atoms with van der Waals surface area (Å²) in [6, 6.07) is 15.6. The molecular formula is C24H29N3O2S.